The maximum Gasteiger partial charge on any atom is 0.323 e. The first-order chi connectivity index (χ1) is 4.96. The molecule has 0 unspecified atom stereocenters. The summed E-state index contributed by atoms with van der Waals surface area (Å²) in [6.07, 6.45) is -4.31. The molecule has 0 aromatic carbocycles. The van der Waals surface area contributed by atoms with Crippen molar-refractivity contribution < 1.29 is 18.7 Å². The van der Waals surface area contributed by atoms with Crippen LogP contribution in [-0.2, 0) is 4.79 Å². The van der Waals surface area contributed by atoms with Crippen LogP contribution in [0.1, 0.15) is 12.8 Å². The highest BCUT2D eigenvalue weighted by Crippen LogP contribution is 2.32. The number of carbonyl (C=O) groups is 1. The van der Waals surface area contributed by atoms with Gasteiger partial charge in [-0.3, -0.25) is 4.79 Å². The zero-order valence-electron chi connectivity index (χ0n) is 5.76. The number of alkyl halides is 2. The molecule has 0 saturated heterocycles. The molecule has 0 aromatic rings. The lowest BCUT2D eigenvalue weighted by Crippen LogP contribution is -2.45. The largest absolute Gasteiger partial charge is 0.480 e. The number of hydrogen-bond donors (Lipinski definition) is 2. The Morgan fingerprint density at radius 2 is 1.82 bits per heavy atom. The van der Waals surface area contributed by atoms with Crippen molar-refractivity contribution in [1.82, 2.24) is 0 Å². The lowest BCUT2D eigenvalue weighted by atomic mass is 10.00. The highest BCUT2D eigenvalue weighted by Gasteiger charge is 2.48. The van der Waals surface area contributed by atoms with E-state index in [1.165, 1.54) is 0 Å². The van der Waals surface area contributed by atoms with Gasteiger partial charge in [-0.05, 0) is 0 Å². The number of halogens is 2. The maximum absolute atomic E-state index is 12.5. The van der Waals surface area contributed by atoms with Gasteiger partial charge in [0.25, 0.3) is 0 Å². The summed E-state index contributed by atoms with van der Waals surface area (Å²) in [4.78, 5) is 10.4. The lowest BCUT2D eigenvalue weighted by molar-refractivity contribution is -0.143. The summed E-state index contributed by atoms with van der Waals surface area (Å²) in [5.74, 6) is -1.33. The molecule has 1 aliphatic carbocycles. The Hall–Kier alpha value is -0.710. The summed E-state index contributed by atoms with van der Waals surface area (Å²) in [7, 11) is 0. The molecule has 3 nitrogen and oxygen atoms in total. The van der Waals surface area contributed by atoms with E-state index in [1.54, 1.807) is 0 Å². The van der Waals surface area contributed by atoms with Crippen LogP contribution in [0, 0.1) is 0 Å². The fourth-order valence-corrected chi connectivity index (χ4v) is 1.21. The lowest BCUT2D eigenvalue weighted by Gasteiger charge is -2.15. The van der Waals surface area contributed by atoms with E-state index in [0.717, 1.165) is 0 Å². The molecule has 0 aliphatic heterocycles. The molecule has 0 radical (unpaired) electrons. The fourth-order valence-electron chi connectivity index (χ4n) is 1.21. The Morgan fingerprint density at radius 3 is 2.00 bits per heavy atom. The van der Waals surface area contributed by atoms with Gasteiger partial charge in [-0.15, -0.1) is 0 Å². The van der Waals surface area contributed by atoms with Gasteiger partial charge in [-0.1, -0.05) is 0 Å². The molecular weight excluding hydrogens is 156 g/mol. The molecule has 0 amide bonds. The number of hydrogen-bond acceptors (Lipinski definition) is 2. The number of aliphatic carboxylic acids is 1. The topological polar surface area (TPSA) is 63.3 Å². The van der Waals surface area contributed by atoms with Crippen LogP contribution >= 0.6 is 0 Å². The van der Waals surface area contributed by atoms with Gasteiger partial charge in [-0.2, -0.15) is 0 Å². The van der Waals surface area contributed by atoms with Gasteiger partial charge in [0.15, 0.2) is 0 Å². The smallest absolute Gasteiger partial charge is 0.323 e. The van der Waals surface area contributed by atoms with E-state index in [1.807, 2.05) is 0 Å². The highest BCUT2D eigenvalue weighted by atomic mass is 19.2. The summed E-state index contributed by atoms with van der Waals surface area (Å²) < 4.78 is 24.9. The van der Waals surface area contributed by atoms with Crippen LogP contribution in [0.15, 0.2) is 0 Å². The predicted molar refractivity (Wildman–Crippen MR) is 33.6 cm³/mol. The second-order valence-electron chi connectivity index (χ2n) is 2.90. The molecule has 1 saturated carbocycles. The van der Waals surface area contributed by atoms with Crippen molar-refractivity contribution in [2.45, 2.75) is 30.7 Å². The summed E-state index contributed by atoms with van der Waals surface area (Å²) in [5, 5.41) is 8.45. The minimum Gasteiger partial charge on any atom is -0.480 e. The number of rotatable bonds is 1. The Labute approximate surface area is 62.2 Å². The van der Waals surface area contributed by atoms with Gasteiger partial charge in [0.1, 0.15) is 17.9 Å². The van der Waals surface area contributed by atoms with Crippen molar-refractivity contribution in [3.63, 3.8) is 0 Å². The van der Waals surface area contributed by atoms with Crippen LogP contribution < -0.4 is 5.73 Å². The summed E-state index contributed by atoms with van der Waals surface area (Å²) >= 11 is 0. The molecule has 0 heterocycles. The number of carboxylic acid groups (broad SMARTS) is 1. The van der Waals surface area contributed by atoms with Crippen molar-refractivity contribution in [1.29, 1.82) is 0 Å². The van der Waals surface area contributed by atoms with Crippen LogP contribution in [0.3, 0.4) is 0 Å². The van der Waals surface area contributed by atoms with Crippen LogP contribution in [0.2, 0.25) is 0 Å². The van der Waals surface area contributed by atoms with Gasteiger partial charge in [0.2, 0.25) is 0 Å². The van der Waals surface area contributed by atoms with Crippen molar-refractivity contribution >= 4 is 5.97 Å². The van der Waals surface area contributed by atoms with E-state index in [9.17, 15) is 13.6 Å². The quantitative estimate of drug-likeness (QED) is 0.585. The van der Waals surface area contributed by atoms with Crippen molar-refractivity contribution in [2.24, 2.45) is 5.73 Å². The maximum atomic E-state index is 12.5. The molecule has 0 aromatic heterocycles. The second-order valence-corrected chi connectivity index (χ2v) is 2.90. The van der Waals surface area contributed by atoms with E-state index in [2.05, 4.69) is 0 Å². The van der Waals surface area contributed by atoms with Crippen LogP contribution in [-0.4, -0.2) is 29.0 Å². The molecule has 1 aliphatic rings. The SMILES string of the molecule is N[C@]1(C(=O)O)C[C@@H](F)[C@@H](F)C1. The molecule has 3 atom stereocenters. The fraction of sp³-hybridized carbons (Fsp3) is 0.833. The summed E-state index contributed by atoms with van der Waals surface area (Å²) in [6, 6.07) is 0. The van der Waals surface area contributed by atoms with Crippen molar-refractivity contribution in [3.8, 4) is 0 Å². The first-order valence-electron chi connectivity index (χ1n) is 3.26. The standard InChI is InChI=1S/C6H9F2NO2/c7-3-1-6(9,5(10)11)2-4(3)8/h3-4H,1-2,9H2,(H,10,11)/t3-,4+,6-. The first kappa shape index (κ1) is 8.39. The van der Waals surface area contributed by atoms with E-state index >= 15 is 0 Å². The van der Waals surface area contributed by atoms with Gasteiger partial charge >= 0.3 is 5.97 Å². The van der Waals surface area contributed by atoms with Gasteiger partial charge < -0.3 is 10.8 Å². The van der Waals surface area contributed by atoms with Crippen LogP contribution in [0.4, 0.5) is 8.78 Å². The second kappa shape index (κ2) is 2.41. The predicted octanol–water partition coefficient (Wildman–Crippen LogP) is 0.238. The number of nitrogens with two attached hydrogens (primary N) is 1. The van der Waals surface area contributed by atoms with Gasteiger partial charge in [-0.25, -0.2) is 8.78 Å². The Morgan fingerprint density at radius 1 is 1.45 bits per heavy atom. The first-order valence-corrected chi connectivity index (χ1v) is 3.26. The molecule has 5 heteroatoms. The molecule has 1 fully saturated rings. The molecule has 0 spiro atoms. The normalized spacial score (nSPS) is 44.3. The zero-order chi connectivity index (χ0) is 8.65. The number of carboxylic acids is 1. The van der Waals surface area contributed by atoms with Crippen LogP contribution in [0.25, 0.3) is 0 Å². The van der Waals surface area contributed by atoms with E-state index in [0.29, 0.717) is 0 Å². The van der Waals surface area contributed by atoms with Gasteiger partial charge in [0.05, 0.1) is 0 Å². The van der Waals surface area contributed by atoms with E-state index in [-0.39, 0.29) is 0 Å². The average molecular weight is 165 g/mol. The third-order valence-corrected chi connectivity index (χ3v) is 1.94. The molecule has 3 N–H and O–H groups in total. The van der Waals surface area contributed by atoms with E-state index in [4.69, 9.17) is 10.8 Å². The van der Waals surface area contributed by atoms with Crippen LogP contribution in [0.5, 0.6) is 0 Å². The molecule has 0 bridgehead atoms. The third-order valence-electron chi connectivity index (χ3n) is 1.94. The third kappa shape index (κ3) is 1.33. The summed E-state index contributed by atoms with van der Waals surface area (Å²) in [5.41, 5.74) is 3.51. The summed E-state index contributed by atoms with van der Waals surface area (Å²) in [6.45, 7) is 0. The Kier molecular flexibility index (Phi) is 1.83. The molecule has 1 rings (SSSR count). The van der Waals surface area contributed by atoms with Gasteiger partial charge in [0, 0.05) is 12.8 Å². The van der Waals surface area contributed by atoms with E-state index < -0.39 is 36.7 Å². The van der Waals surface area contributed by atoms with Crippen molar-refractivity contribution in [3.05, 3.63) is 0 Å². The zero-order valence-corrected chi connectivity index (χ0v) is 5.76. The van der Waals surface area contributed by atoms with Crippen molar-refractivity contribution in [2.75, 3.05) is 0 Å². The Bertz CT molecular complexity index is 175. The minimum absolute atomic E-state index is 0.427. The highest BCUT2D eigenvalue weighted by molar-refractivity contribution is 5.79. The molecular formula is C6H9F2NO2. The molecule has 11 heavy (non-hydrogen) atoms. The molecule has 64 valence electrons. The average Bonchev–Trinajstić information content (AvgIpc) is 2.09. The minimum atomic E-state index is -1.73. The monoisotopic (exact) mass is 165 g/mol. The Balaban J connectivity index is 2.71.